The number of carboxylic acids is 1. The van der Waals surface area contributed by atoms with Gasteiger partial charge >= 0.3 is 11.9 Å². The maximum absolute atomic E-state index is 13.2. The van der Waals surface area contributed by atoms with Crippen molar-refractivity contribution < 1.29 is 23.4 Å². The highest BCUT2D eigenvalue weighted by atomic mass is 19.3. The molecular weight excluding hydrogens is 182 g/mol. The summed E-state index contributed by atoms with van der Waals surface area (Å²) in [6.07, 6.45) is 1.42. The van der Waals surface area contributed by atoms with Gasteiger partial charge in [0.2, 0.25) is 0 Å². The molecule has 0 aliphatic heterocycles. The number of ether oxygens (including phenoxy) is 1. The molecule has 1 aliphatic rings. The molecule has 0 bridgehead atoms. The van der Waals surface area contributed by atoms with E-state index in [0.717, 1.165) is 7.11 Å². The number of methoxy groups -OCH3 is 1. The quantitative estimate of drug-likeness (QED) is 0.743. The number of hydrogen-bond acceptors (Lipinski definition) is 2. The molecule has 1 rings (SSSR count). The smallest absolute Gasteiger partial charge is 0.377 e. The van der Waals surface area contributed by atoms with Crippen LogP contribution in [0.5, 0.6) is 0 Å². The minimum atomic E-state index is -3.78. The first-order valence-electron chi connectivity index (χ1n) is 4.13. The number of halogens is 2. The van der Waals surface area contributed by atoms with E-state index in [4.69, 9.17) is 9.84 Å². The highest BCUT2D eigenvalue weighted by Crippen LogP contribution is 2.44. The Hall–Kier alpha value is -0.710. The van der Waals surface area contributed by atoms with Crippen LogP contribution >= 0.6 is 0 Å². The third kappa shape index (κ3) is 1.41. The summed E-state index contributed by atoms with van der Waals surface area (Å²) in [5, 5.41) is 8.37. The fraction of sp³-hybridized carbons (Fsp3) is 0.875. The molecule has 0 spiro atoms. The number of alkyl halides is 2. The molecule has 0 aromatic rings. The lowest BCUT2D eigenvalue weighted by Gasteiger charge is -2.32. The van der Waals surface area contributed by atoms with Crippen molar-refractivity contribution in [2.75, 3.05) is 7.11 Å². The van der Waals surface area contributed by atoms with E-state index in [1.807, 2.05) is 0 Å². The zero-order chi connectivity index (χ0) is 10.1. The van der Waals surface area contributed by atoms with Crippen molar-refractivity contribution in [1.29, 1.82) is 0 Å². The first-order valence-corrected chi connectivity index (χ1v) is 4.13. The highest BCUT2D eigenvalue weighted by molar-refractivity contribution is 5.77. The van der Waals surface area contributed by atoms with Gasteiger partial charge in [0.25, 0.3) is 0 Å². The van der Waals surface area contributed by atoms with Crippen LogP contribution in [0.2, 0.25) is 0 Å². The van der Waals surface area contributed by atoms with Crippen LogP contribution in [0.15, 0.2) is 0 Å². The predicted octanol–water partition coefficient (Wildman–Crippen LogP) is 1.67. The highest BCUT2D eigenvalue weighted by Gasteiger charge is 2.61. The molecule has 0 heterocycles. The molecule has 0 radical (unpaired) electrons. The lowest BCUT2D eigenvalue weighted by molar-refractivity contribution is -0.214. The molecule has 0 saturated heterocycles. The lowest BCUT2D eigenvalue weighted by Crippen LogP contribution is -2.52. The van der Waals surface area contributed by atoms with Crippen molar-refractivity contribution >= 4 is 5.97 Å². The van der Waals surface area contributed by atoms with E-state index in [-0.39, 0.29) is 12.8 Å². The lowest BCUT2D eigenvalue weighted by atomic mass is 9.93. The molecule has 0 unspecified atom stereocenters. The van der Waals surface area contributed by atoms with E-state index in [9.17, 15) is 13.6 Å². The molecule has 0 aromatic heterocycles. The van der Waals surface area contributed by atoms with Crippen LogP contribution in [0, 0.1) is 0 Å². The molecule has 76 valence electrons. The van der Waals surface area contributed by atoms with Gasteiger partial charge in [-0.25, -0.2) is 4.79 Å². The Balaban J connectivity index is 2.93. The topological polar surface area (TPSA) is 46.5 Å². The Labute approximate surface area is 74.7 Å². The van der Waals surface area contributed by atoms with Crippen molar-refractivity contribution in [3.63, 3.8) is 0 Å². The Morgan fingerprint density at radius 3 is 2.23 bits per heavy atom. The summed E-state index contributed by atoms with van der Waals surface area (Å²) in [7, 11) is 1.14. The van der Waals surface area contributed by atoms with Crippen LogP contribution in [-0.4, -0.2) is 29.7 Å². The Bertz CT molecular complexity index is 209. The maximum atomic E-state index is 13.2. The van der Waals surface area contributed by atoms with E-state index in [1.54, 1.807) is 0 Å². The van der Waals surface area contributed by atoms with E-state index in [2.05, 4.69) is 0 Å². The number of carbonyl (C=O) groups is 1. The van der Waals surface area contributed by atoms with Crippen molar-refractivity contribution in [3.05, 3.63) is 0 Å². The van der Waals surface area contributed by atoms with E-state index < -0.39 is 17.5 Å². The average molecular weight is 194 g/mol. The molecule has 1 saturated carbocycles. The second-order valence-electron chi connectivity index (χ2n) is 3.29. The average Bonchev–Trinajstić information content (AvgIpc) is 2.53. The minimum absolute atomic E-state index is 0.114. The van der Waals surface area contributed by atoms with Crippen LogP contribution in [0.25, 0.3) is 0 Å². The Morgan fingerprint density at radius 2 is 1.92 bits per heavy atom. The molecule has 1 aliphatic carbocycles. The molecule has 0 aromatic carbocycles. The van der Waals surface area contributed by atoms with Crippen molar-refractivity contribution in [2.45, 2.75) is 37.2 Å². The number of carboxylic acid groups (broad SMARTS) is 1. The maximum Gasteiger partial charge on any atom is 0.377 e. The van der Waals surface area contributed by atoms with Gasteiger partial charge in [-0.2, -0.15) is 8.78 Å². The first-order chi connectivity index (χ1) is 5.96. The second kappa shape index (κ2) is 3.21. The van der Waals surface area contributed by atoms with Crippen LogP contribution in [0.3, 0.4) is 0 Å². The standard InChI is InChI=1S/C8H12F2O3/c1-13-7(4-2-3-5-7)8(9,10)6(11)12/h2-5H2,1H3,(H,11,12). The van der Waals surface area contributed by atoms with E-state index in [0.29, 0.717) is 12.8 Å². The summed E-state index contributed by atoms with van der Waals surface area (Å²) < 4.78 is 31.1. The van der Waals surface area contributed by atoms with Gasteiger partial charge < -0.3 is 9.84 Å². The Morgan fingerprint density at radius 1 is 1.46 bits per heavy atom. The molecule has 5 heteroatoms. The monoisotopic (exact) mass is 194 g/mol. The van der Waals surface area contributed by atoms with E-state index >= 15 is 0 Å². The summed E-state index contributed by atoms with van der Waals surface area (Å²) in [5.41, 5.74) is -1.78. The van der Waals surface area contributed by atoms with Gasteiger partial charge in [-0.05, 0) is 12.8 Å². The van der Waals surface area contributed by atoms with E-state index in [1.165, 1.54) is 0 Å². The largest absolute Gasteiger partial charge is 0.477 e. The summed E-state index contributed by atoms with van der Waals surface area (Å²) in [4.78, 5) is 10.3. The number of aliphatic carboxylic acids is 1. The van der Waals surface area contributed by atoms with Crippen molar-refractivity contribution in [1.82, 2.24) is 0 Å². The summed E-state index contributed by atoms with van der Waals surface area (Å²) >= 11 is 0. The van der Waals surface area contributed by atoms with Gasteiger partial charge in [-0.1, -0.05) is 12.8 Å². The summed E-state index contributed by atoms with van der Waals surface area (Å²) in [6, 6.07) is 0. The molecule has 0 atom stereocenters. The molecule has 13 heavy (non-hydrogen) atoms. The molecule has 1 N–H and O–H groups in total. The molecular formula is C8H12F2O3. The van der Waals surface area contributed by atoms with Crippen LogP contribution < -0.4 is 0 Å². The fourth-order valence-corrected chi connectivity index (χ4v) is 1.79. The SMILES string of the molecule is COC1(C(F)(F)C(=O)O)CCCC1. The minimum Gasteiger partial charge on any atom is -0.477 e. The normalized spacial score (nSPS) is 21.8. The van der Waals surface area contributed by atoms with Gasteiger partial charge in [-0.3, -0.25) is 0 Å². The number of hydrogen-bond donors (Lipinski definition) is 1. The summed E-state index contributed by atoms with van der Waals surface area (Å²) in [6.45, 7) is 0. The van der Waals surface area contributed by atoms with Gasteiger partial charge in [0.1, 0.15) is 5.60 Å². The van der Waals surface area contributed by atoms with Gasteiger partial charge in [-0.15, -0.1) is 0 Å². The summed E-state index contributed by atoms with van der Waals surface area (Å²) in [5.74, 6) is -5.88. The Kier molecular flexibility index (Phi) is 2.56. The molecule has 1 fully saturated rings. The van der Waals surface area contributed by atoms with Gasteiger partial charge in [0.05, 0.1) is 0 Å². The third-order valence-electron chi connectivity index (χ3n) is 2.64. The molecule has 3 nitrogen and oxygen atoms in total. The predicted molar refractivity (Wildman–Crippen MR) is 40.8 cm³/mol. The van der Waals surface area contributed by atoms with Gasteiger partial charge in [0, 0.05) is 7.11 Å². The first kappa shape index (κ1) is 10.4. The zero-order valence-electron chi connectivity index (χ0n) is 7.35. The van der Waals surface area contributed by atoms with Crippen molar-refractivity contribution in [2.24, 2.45) is 0 Å². The zero-order valence-corrected chi connectivity index (χ0v) is 7.35. The molecule has 0 amide bonds. The van der Waals surface area contributed by atoms with Gasteiger partial charge in [0.15, 0.2) is 0 Å². The van der Waals surface area contributed by atoms with Crippen LogP contribution in [0.4, 0.5) is 8.78 Å². The van der Waals surface area contributed by atoms with Crippen LogP contribution in [-0.2, 0) is 9.53 Å². The fourth-order valence-electron chi connectivity index (χ4n) is 1.79. The second-order valence-corrected chi connectivity index (χ2v) is 3.29. The van der Waals surface area contributed by atoms with Crippen molar-refractivity contribution in [3.8, 4) is 0 Å². The number of rotatable bonds is 3. The van der Waals surface area contributed by atoms with Crippen LogP contribution in [0.1, 0.15) is 25.7 Å². The third-order valence-corrected chi connectivity index (χ3v) is 2.64.